The summed E-state index contributed by atoms with van der Waals surface area (Å²) in [5.41, 5.74) is 3.44. The molecule has 1 saturated heterocycles. The zero-order valence-corrected chi connectivity index (χ0v) is 15.7. The Hall–Kier alpha value is -2.33. The van der Waals surface area contributed by atoms with Crippen LogP contribution in [-0.2, 0) is 16.8 Å². The molecule has 0 aromatic heterocycles. The zero-order chi connectivity index (χ0) is 18.7. The van der Waals surface area contributed by atoms with Gasteiger partial charge in [-0.2, -0.15) is 0 Å². The van der Waals surface area contributed by atoms with Crippen LogP contribution in [0.3, 0.4) is 0 Å². The number of benzene rings is 2. The molecule has 0 saturated carbocycles. The van der Waals surface area contributed by atoms with Crippen LogP contribution in [-0.4, -0.2) is 24.2 Å². The highest BCUT2D eigenvalue weighted by Crippen LogP contribution is 2.27. The summed E-state index contributed by atoms with van der Waals surface area (Å²) in [7, 11) is 0. The Bertz CT molecular complexity index is 744. The average Bonchev–Trinajstić information content (AvgIpc) is 3.01. The molecule has 138 valence electrons. The lowest BCUT2D eigenvalue weighted by Crippen LogP contribution is -2.24. The van der Waals surface area contributed by atoms with Crippen LogP contribution in [0.5, 0.6) is 5.75 Å². The van der Waals surface area contributed by atoms with Gasteiger partial charge in [0.05, 0.1) is 0 Å². The standard InChI is InChI=1S/C22H27NO3/c1-22(2,3)18-6-4-16(5-7-18)15-26-20-10-8-19(9-11-20)23-13-17(14-24)12-21(23)25/h4-11,17,24H,12-15H2,1-3H3. The largest absolute Gasteiger partial charge is 0.489 e. The molecule has 1 amide bonds. The van der Waals surface area contributed by atoms with E-state index < -0.39 is 0 Å². The number of hydrogen-bond donors (Lipinski definition) is 1. The zero-order valence-electron chi connectivity index (χ0n) is 15.7. The van der Waals surface area contributed by atoms with Gasteiger partial charge in [0.25, 0.3) is 0 Å². The first-order valence-electron chi connectivity index (χ1n) is 9.10. The van der Waals surface area contributed by atoms with Gasteiger partial charge in [0.1, 0.15) is 12.4 Å². The lowest BCUT2D eigenvalue weighted by atomic mass is 9.87. The third-order valence-corrected chi connectivity index (χ3v) is 4.84. The molecular formula is C22H27NO3. The van der Waals surface area contributed by atoms with Crippen molar-refractivity contribution < 1.29 is 14.6 Å². The monoisotopic (exact) mass is 353 g/mol. The summed E-state index contributed by atoms with van der Waals surface area (Å²) in [5.74, 6) is 0.880. The van der Waals surface area contributed by atoms with Gasteiger partial charge < -0.3 is 14.7 Å². The molecule has 0 bridgehead atoms. The van der Waals surface area contributed by atoms with Crippen molar-refractivity contribution in [1.82, 2.24) is 0 Å². The van der Waals surface area contributed by atoms with Crippen molar-refractivity contribution in [3.63, 3.8) is 0 Å². The van der Waals surface area contributed by atoms with E-state index in [0.29, 0.717) is 19.6 Å². The smallest absolute Gasteiger partial charge is 0.227 e. The Morgan fingerprint density at radius 1 is 1.08 bits per heavy atom. The molecule has 2 aromatic rings. The molecular weight excluding hydrogens is 326 g/mol. The molecule has 1 fully saturated rings. The minimum atomic E-state index is 0.0366. The second-order valence-electron chi connectivity index (χ2n) is 7.99. The van der Waals surface area contributed by atoms with Gasteiger partial charge in [0, 0.05) is 31.2 Å². The second kappa shape index (κ2) is 7.50. The molecule has 0 radical (unpaired) electrons. The molecule has 1 aliphatic rings. The molecule has 1 unspecified atom stereocenters. The van der Waals surface area contributed by atoms with Crippen LogP contribution in [0.2, 0.25) is 0 Å². The predicted molar refractivity (Wildman–Crippen MR) is 103 cm³/mol. The van der Waals surface area contributed by atoms with Crippen molar-refractivity contribution in [2.75, 3.05) is 18.1 Å². The van der Waals surface area contributed by atoms with Gasteiger partial charge >= 0.3 is 0 Å². The van der Waals surface area contributed by atoms with Crippen LogP contribution in [0.4, 0.5) is 5.69 Å². The molecule has 26 heavy (non-hydrogen) atoms. The molecule has 1 atom stereocenters. The molecule has 1 aliphatic heterocycles. The summed E-state index contributed by atoms with van der Waals surface area (Å²) >= 11 is 0. The van der Waals surface area contributed by atoms with Crippen molar-refractivity contribution in [1.29, 1.82) is 0 Å². The maximum atomic E-state index is 12.0. The van der Waals surface area contributed by atoms with Crippen molar-refractivity contribution in [2.24, 2.45) is 5.92 Å². The van der Waals surface area contributed by atoms with Crippen LogP contribution in [0, 0.1) is 5.92 Å². The highest BCUT2D eigenvalue weighted by atomic mass is 16.5. The normalized spacial score (nSPS) is 17.6. The number of anilines is 1. The number of aliphatic hydroxyl groups excluding tert-OH is 1. The summed E-state index contributed by atoms with van der Waals surface area (Å²) in [4.78, 5) is 13.8. The van der Waals surface area contributed by atoms with Crippen molar-refractivity contribution >= 4 is 11.6 Å². The fourth-order valence-corrected chi connectivity index (χ4v) is 3.14. The van der Waals surface area contributed by atoms with Gasteiger partial charge in [-0.15, -0.1) is 0 Å². The molecule has 0 aliphatic carbocycles. The molecule has 4 nitrogen and oxygen atoms in total. The fraction of sp³-hybridized carbons (Fsp3) is 0.409. The van der Waals surface area contributed by atoms with E-state index in [9.17, 15) is 9.90 Å². The van der Waals surface area contributed by atoms with E-state index in [1.807, 2.05) is 24.3 Å². The molecule has 1 heterocycles. The third kappa shape index (κ3) is 4.25. The first kappa shape index (κ1) is 18.5. The van der Waals surface area contributed by atoms with E-state index >= 15 is 0 Å². The van der Waals surface area contributed by atoms with E-state index in [2.05, 4.69) is 45.0 Å². The lowest BCUT2D eigenvalue weighted by molar-refractivity contribution is -0.117. The summed E-state index contributed by atoms with van der Waals surface area (Å²) in [6.45, 7) is 7.75. The second-order valence-corrected chi connectivity index (χ2v) is 7.99. The van der Waals surface area contributed by atoms with E-state index in [0.717, 1.165) is 17.0 Å². The van der Waals surface area contributed by atoms with E-state index in [1.54, 1.807) is 4.90 Å². The minimum Gasteiger partial charge on any atom is -0.489 e. The van der Waals surface area contributed by atoms with Crippen molar-refractivity contribution in [3.05, 3.63) is 59.7 Å². The quantitative estimate of drug-likeness (QED) is 0.887. The van der Waals surface area contributed by atoms with Gasteiger partial charge in [0.15, 0.2) is 0 Å². The number of carbonyl (C=O) groups excluding carboxylic acids is 1. The van der Waals surface area contributed by atoms with Gasteiger partial charge in [-0.05, 0) is 40.8 Å². The van der Waals surface area contributed by atoms with Gasteiger partial charge in [-0.1, -0.05) is 45.0 Å². The Morgan fingerprint density at radius 2 is 1.73 bits per heavy atom. The maximum absolute atomic E-state index is 12.0. The van der Waals surface area contributed by atoms with Crippen LogP contribution >= 0.6 is 0 Å². The van der Waals surface area contributed by atoms with E-state index in [-0.39, 0.29) is 23.8 Å². The molecule has 0 spiro atoms. The Morgan fingerprint density at radius 3 is 2.27 bits per heavy atom. The van der Waals surface area contributed by atoms with Crippen molar-refractivity contribution in [3.8, 4) is 5.75 Å². The number of carbonyl (C=O) groups is 1. The number of rotatable bonds is 5. The fourth-order valence-electron chi connectivity index (χ4n) is 3.14. The number of aliphatic hydroxyl groups is 1. The molecule has 3 rings (SSSR count). The van der Waals surface area contributed by atoms with Gasteiger partial charge in [0.2, 0.25) is 5.91 Å². The Balaban J connectivity index is 1.59. The first-order valence-corrected chi connectivity index (χ1v) is 9.10. The topological polar surface area (TPSA) is 49.8 Å². The van der Waals surface area contributed by atoms with Crippen molar-refractivity contribution in [2.45, 2.75) is 39.2 Å². The molecule has 4 heteroatoms. The summed E-state index contributed by atoms with van der Waals surface area (Å²) in [6.07, 6.45) is 0.416. The Labute approximate surface area is 155 Å². The average molecular weight is 353 g/mol. The van der Waals surface area contributed by atoms with Gasteiger partial charge in [-0.3, -0.25) is 4.79 Å². The van der Waals surface area contributed by atoms with E-state index in [1.165, 1.54) is 5.56 Å². The number of hydrogen-bond acceptors (Lipinski definition) is 3. The molecule has 1 N–H and O–H groups in total. The lowest BCUT2D eigenvalue weighted by Gasteiger charge is -2.19. The predicted octanol–water partition coefficient (Wildman–Crippen LogP) is 3.91. The van der Waals surface area contributed by atoms with Crippen LogP contribution < -0.4 is 9.64 Å². The number of ether oxygens (including phenoxy) is 1. The summed E-state index contributed by atoms with van der Waals surface area (Å²) < 4.78 is 5.86. The third-order valence-electron chi connectivity index (χ3n) is 4.84. The molecule has 2 aromatic carbocycles. The van der Waals surface area contributed by atoms with Gasteiger partial charge in [-0.25, -0.2) is 0 Å². The Kier molecular flexibility index (Phi) is 5.33. The van der Waals surface area contributed by atoms with E-state index in [4.69, 9.17) is 4.74 Å². The highest BCUT2D eigenvalue weighted by Gasteiger charge is 2.29. The maximum Gasteiger partial charge on any atom is 0.227 e. The summed E-state index contributed by atoms with van der Waals surface area (Å²) in [5, 5.41) is 9.23. The first-order chi connectivity index (χ1) is 12.4. The summed E-state index contributed by atoms with van der Waals surface area (Å²) in [6, 6.07) is 16.1. The minimum absolute atomic E-state index is 0.0366. The number of amides is 1. The van der Waals surface area contributed by atoms with Crippen LogP contribution in [0.15, 0.2) is 48.5 Å². The number of nitrogens with zero attached hydrogens (tertiary/aromatic N) is 1. The SMILES string of the molecule is CC(C)(C)c1ccc(COc2ccc(N3CC(CO)CC3=O)cc2)cc1. The highest BCUT2D eigenvalue weighted by molar-refractivity contribution is 5.95. The van der Waals surface area contributed by atoms with Crippen LogP contribution in [0.25, 0.3) is 0 Å². The van der Waals surface area contributed by atoms with Crippen LogP contribution in [0.1, 0.15) is 38.3 Å².